The fraction of sp³-hybridized carbons (Fsp3) is 0.148. The number of hydrogen-bond donors (Lipinski definition) is 1. The Morgan fingerprint density at radius 2 is 1.82 bits per heavy atom. The molecule has 0 aliphatic rings. The zero-order valence-electron chi connectivity index (χ0n) is 18.9. The maximum atomic E-state index is 13.1. The van der Waals surface area contributed by atoms with Gasteiger partial charge in [-0.25, -0.2) is 4.98 Å². The van der Waals surface area contributed by atoms with Crippen LogP contribution < -0.4 is 10.7 Å². The molecule has 34 heavy (non-hydrogen) atoms. The van der Waals surface area contributed by atoms with Crippen LogP contribution in [0.15, 0.2) is 71.7 Å². The molecule has 0 bridgehead atoms. The molecule has 3 aromatic carbocycles. The largest absolute Gasteiger partial charge is 0.344 e. The number of hydrogen-bond acceptors (Lipinski definition) is 4. The molecule has 170 valence electrons. The average molecular weight is 488 g/mol. The minimum Gasteiger partial charge on any atom is -0.344 e. The third-order valence-corrected chi connectivity index (χ3v) is 7.03. The molecule has 0 saturated carbocycles. The van der Waals surface area contributed by atoms with E-state index in [2.05, 4.69) is 24.4 Å². The number of rotatable bonds is 4. The lowest BCUT2D eigenvalue weighted by atomic mass is 10.1. The number of carbonyl (C=O) groups excluding carboxylic acids is 1. The molecular weight excluding hydrogens is 466 g/mol. The van der Waals surface area contributed by atoms with Gasteiger partial charge in [-0.15, -0.1) is 11.3 Å². The molecule has 1 amide bonds. The number of nitrogens with zero attached hydrogens (tertiary/aromatic N) is 2. The second-order valence-corrected chi connectivity index (χ2v) is 10.0. The maximum Gasteiger partial charge on any atom is 0.261 e. The summed E-state index contributed by atoms with van der Waals surface area (Å²) in [7, 11) is 0. The van der Waals surface area contributed by atoms with Crippen molar-refractivity contribution in [2.45, 2.75) is 26.8 Å². The zero-order valence-corrected chi connectivity index (χ0v) is 20.5. The SMILES string of the molecule is Cc1ccc2nc(-c3ccc(NC(=O)c4cn(C(C)C)c5ccc(Cl)cc5c4=O)cc3)sc2c1. The third-order valence-electron chi connectivity index (χ3n) is 5.73. The van der Waals surface area contributed by atoms with Gasteiger partial charge in [-0.1, -0.05) is 17.7 Å². The predicted molar refractivity (Wildman–Crippen MR) is 141 cm³/mol. The molecule has 0 unspecified atom stereocenters. The van der Waals surface area contributed by atoms with Crippen molar-refractivity contribution in [3.63, 3.8) is 0 Å². The fourth-order valence-electron chi connectivity index (χ4n) is 3.97. The summed E-state index contributed by atoms with van der Waals surface area (Å²) in [6, 6.07) is 18.9. The summed E-state index contributed by atoms with van der Waals surface area (Å²) in [6.07, 6.45) is 1.62. The summed E-state index contributed by atoms with van der Waals surface area (Å²) in [5.74, 6) is -0.454. The number of anilines is 1. The van der Waals surface area contributed by atoms with Crippen LogP contribution in [-0.2, 0) is 0 Å². The molecule has 5 rings (SSSR count). The van der Waals surface area contributed by atoms with E-state index in [-0.39, 0.29) is 17.0 Å². The standard InChI is InChI=1S/C27H22ClN3O2S/c1-15(2)31-14-21(25(32)20-13-18(28)7-11-23(20)31)26(33)29-19-8-5-17(6-9-19)27-30-22-10-4-16(3)12-24(22)34-27/h4-15H,1-3H3,(H,29,33). The summed E-state index contributed by atoms with van der Waals surface area (Å²) in [5, 5.41) is 4.66. The lowest BCUT2D eigenvalue weighted by Crippen LogP contribution is -2.24. The monoisotopic (exact) mass is 487 g/mol. The Morgan fingerprint density at radius 3 is 2.56 bits per heavy atom. The lowest BCUT2D eigenvalue weighted by Gasteiger charge is -2.17. The number of benzene rings is 3. The molecule has 1 N–H and O–H groups in total. The highest BCUT2D eigenvalue weighted by Gasteiger charge is 2.17. The number of nitrogens with one attached hydrogen (secondary N) is 1. The number of thiazole rings is 1. The average Bonchev–Trinajstić information content (AvgIpc) is 3.23. The van der Waals surface area contributed by atoms with Crippen LogP contribution in [-0.4, -0.2) is 15.5 Å². The smallest absolute Gasteiger partial charge is 0.261 e. The molecule has 0 spiro atoms. The molecular formula is C27H22ClN3O2S. The highest BCUT2D eigenvalue weighted by molar-refractivity contribution is 7.21. The first-order valence-corrected chi connectivity index (χ1v) is 12.1. The Morgan fingerprint density at radius 1 is 1.06 bits per heavy atom. The Hall–Kier alpha value is -3.48. The van der Waals surface area contributed by atoms with Crippen LogP contribution in [0.3, 0.4) is 0 Å². The molecule has 0 fully saturated rings. The molecule has 0 saturated heterocycles. The molecule has 2 aromatic heterocycles. The van der Waals surface area contributed by atoms with Gasteiger partial charge in [0.05, 0.1) is 15.7 Å². The lowest BCUT2D eigenvalue weighted by molar-refractivity contribution is 0.102. The van der Waals surface area contributed by atoms with Gasteiger partial charge in [0, 0.05) is 33.9 Å². The van der Waals surface area contributed by atoms with Crippen LogP contribution in [0.2, 0.25) is 5.02 Å². The first-order chi connectivity index (χ1) is 16.3. The van der Waals surface area contributed by atoms with Gasteiger partial charge in [-0.3, -0.25) is 9.59 Å². The van der Waals surface area contributed by atoms with Crippen LogP contribution in [0.25, 0.3) is 31.7 Å². The van der Waals surface area contributed by atoms with Crippen molar-refractivity contribution in [2.75, 3.05) is 5.32 Å². The summed E-state index contributed by atoms with van der Waals surface area (Å²) in [4.78, 5) is 30.9. The number of pyridine rings is 1. The molecule has 5 nitrogen and oxygen atoms in total. The maximum absolute atomic E-state index is 13.1. The van der Waals surface area contributed by atoms with E-state index < -0.39 is 5.91 Å². The molecule has 0 aliphatic carbocycles. The van der Waals surface area contributed by atoms with Crippen LogP contribution in [0, 0.1) is 6.92 Å². The highest BCUT2D eigenvalue weighted by Crippen LogP contribution is 2.31. The van der Waals surface area contributed by atoms with Crippen molar-refractivity contribution in [3.05, 3.63) is 93.2 Å². The van der Waals surface area contributed by atoms with E-state index in [4.69, 9.17) is 16.6 Å². The number of aryl methyl sites for hydroxylation is 1. The van der Waals surface area contributed by atoms with E-state index in [0.717, 1.165) is 26.3 Å². The minimum atomic E-state index is -0.454. The van der Waals surface area contributed by atoms with Crippen molar-refractivity contribution in [3.8, 4) is 10.6 Å². The number of amides is 1. The van der Waals surface area contributed by atoms with Crippen molar-refractivity contribution >= 4 is 55.7 Å². The fourth-order valence-corrected chi connectivity index (χ4v) is 5.21. The molecule has 0 radical (unpaired) electrons. The summed E-state index contributed by atoms with van der Waals surface area (Å²) >= 11 is 7.77. The summed E-state index contributed by atoms with van der Waals surface area (Å²) in [5.41, 5.74) is 4.24. The van der Waals surface area contributed by atoms with E-state index in [1.807, 2.05) is 54.8 Å². The van der Waals surface area contributed by atoms with Crippen molar-refractivity contribution < 1.29 is 4.79 Å². The Balaban J connectivity index is 1.45. The van der Waals surface area contributed by atoms with Gasteiger partial charge in [-0.05, 0) is 80.9 Å². The Labute approximate surface area is 205 Å². The molecule has 5 aromatic rings. The van der Waals surface area contributed by atoms with Gasteiger partial charge in [0.15, 0.2) is 0 Å². The highest BCUT2D eigenvalue weighted by atomic mass is 35.5. The van der Waals surface area contributed by atoms with Gasteiger partial charge in [0.25, 0.3) is 5.91 Å². The van der Waals surface area contributed by atoms with Crippen molar-refractivity contribution in [1.82, 2.24) is 9.55 Å². The predicted octanol–water partition coefficient (Wildman–Crippen LogP) is 7.07. The van der Waals surface area contributed by atoms with E-state index in [0.29, 0.717) is 16.1 Å². The van der Waals surface area contributed by atoms with Gasteiger partial charge < -0.3 is 9.88 Å². The van der Waals surface area contributed by atoms with E-state index in [1.54, 1.807) is 29.7 Å². The second-order valence-electron chi connectivity index (χ2n) is 8.56. The number of halogens is 1. The quantitative estimate of drug-likeness (QED) is 0.295. The normalized spacial score (nSPS) is 11.4. The first-order valence-electron chi connectivity index (χ1n) is 10.9. The Kier molecular flexibility index (Phi) is 5.71. The third kappa shape index (κ3) is 4.11. The van der Waals surface area contributed by atoms with E-state index in [1.165, 1.54) is 5.56 Å². The van der Waals surface area contributed by atoms with E-state index in [9.17, 15) is 9.59 Å². The molecule has 0 atom stereocenters. The first kappa shape index (κ1) is 22.3. The van der Waals surface area contributed by atoms with Crippen molar-refractivity contribution in [2.24, 2.45) is 0 Å². The molecule has 7 heteroatoms. The summed E-state index contributed by atoms with van der Waals surface area (Å²) in [6.45, 7) is 6.07. The van der Waals surface area contributed by atoms with E-state index >= 15 is 0 Å². The van der Waals surface area contributed by atoms with Crippen LogP contribution in [0.1, 0.15) is 35.8 Å². The van der Waals surface area contributed by atoms with Gasteiger partial charge in [0.2, 0.25) is 5.43 Å². The van der Waals surface area contributed by atoms with Crippen LogP contribution in [0.4, 0.5) is 5.69 Å². The van der Waals surface area contributed by atoms with Gasteiger partial charge in [0.1, 0.15) is 10.6 Å². The molecule has 0 aliphatic heterocycles. The topological polar surface area (TPSA) is 64.0 Å². The van der Waals surface area contributed by atoms with Gasteiger partial charge in [-0.2, -0.15) is 0 Å². The Bertz CT molecular complexity index is 1620. The second kappa shape index (κ2) is 8.70. The van der Waals surface area contributed by atoms with Crippen LogP contribution in [0.5, 0.6) is 0 Å². The van der Waals surface area contributed by atoms with Gasteiger partial charge >= 0.3 is 0 Å². The number of fused-ring (bicyclic) bond motifs is 2. The number of carbonyl (C=O) groups is 1. The zero-order chi connectivity index (χ0) is 24.0. The van der Waals surface area contributed by atoms with Crippen LogP contribution >= 0.6 is 22.9 Å². The van der Waals surface area contributed by atoms with Crippen molar-refractivity contribution in [1.29, 1.82) is 0 Å². The minimum absolute atomic E-state index is 0.0627. The summed E-state index contributed by atoms with van der Waals surface area (Å²) < 4.78 is 3.06. The number of aromatic nitrogens is 2. The molecule has 2 heterocycles.